The van der Waals surface area contributed by atoms with Crippen LogP contribution in [0.1, 0.15) is 6.92 Å². The highest BCUT2D eigenvalue weighted by atomic mass is 16.5. The summed E-state index contributed by atoms with van der Waals surface area (Å²) in [5, 5.41) is 3.14. The summed E-state index contributed by atoms with van der Waals surface area (Å²) in [4.78, 5) is 24.8. The summed E-state index contributed by atoms with van der Waals surface area (Å²) in [6.07, 6.45) is 0. The number of carbonyl (C=O) groups is 2. The van der Waals surface area contributed by atoms with Crippen LogP contribution in [0.2, 0.25) is 0 Å². The number of benzene rings is 1. The Kier molecular flexibility index (Phi) is 5.60. The average Bonchev–Trinajstić information content (AvgIpc) is 2.53. The van der Waals surface area contributed by atoms with Crippen LogP contribution in [-0.4, -0.2) is 55.7 Å². The van der Waals surface area contributed by atoms with Gasteiger partial charge in [-0.2, -0.15) is 0 Å². The Labute approximate surface area is 129 Å². The first kappa shape index (κ1) is 16.1. The molecule has 7 nitrogen and oxygen atoms in total. The van der Waals surface area contributed by atoms with Crippen molar-refractivity contribution in [2.75, 3.05) is 38.2 Å². The number of morpholine rings is 1. The van der Waals surface area contributed by atoms with Gasteiger partial charge in [0.15, 0.2) is 6.61 Å². The number of anilines is 1. The average molecular weight is 307 g/mol. The number of carbonyl (C=O) groups excluding carboxylic acids is 2. The van der Waals surface area contributed by atoms with Gasteiger partial charge in [0.2, 0.25) is 5.91 Å². The summed E-state index contributed by atoms with van der Waals surface area (Å²) in [7, 11) is 0. The third-order valence-corrected chi connectivity index (χ3v) is 3.29. The Morgan fingerprint density at radius 3 is 2.82 bits per heavy atom. The van der Waals surface area contributed by atoms with Gasteiger partial charge in [-0.25, -0.2) is 0 Å². The molecule has 0 aromatic heterocycles. The number of hydrogen-bond acceptors (Lipinski definition) is 5. The number of nitrogens with one attached hydrogen (secondary N) is 1. The minimum atomic E-state index is -0.533. The summed E-state index contributed by atoms with van der Waals surface area (Å²) < 4.78 is 10.5. The van der Waals surface area contributed by atoms with Crippen LogP contribution in [0, 0.1) is 0 Å². The Morgan fingerprint density at radius 1 is 1.41 bits per heavy atom. The molecule has 2 amide bonds. The zero-order valence-electron chi connectivity index (χ0n) is 12.6. The molecule has 0 bridgehead atoms. The quantitative estimate of drug-likeness (QED) is 0.783. The van der Waals surface area contributed by atoms with Gasteiger partial charge in [-0.1, -0.05) is 6.07 Å². The largest absolute Gasteiger partial charge is 0.484 e. The maximum Gasteiger partial charge on any atom is 0.255 e. The van der Waals surface area contributed by atoms with Crippen molar-refractivity contribution < 1.29 is 19.1 Å². The van der Waals surface area contributed by atoms with Gasteiger partial charge in [0.1, 0.15) is 11.8 Å². The fourth-order valence-electron chi connectivity index (χ4n) is 2.20. The first-order valence-corrected chi connectivity index (χ1v) is 7.20. The molecule has 1 aromatic rings. The van der Waals surface area contributed by atoms with E-state index in [0.717, 1.165) is 5.69 Å². The fourth-order valence-corrected chi connectivity index (χ4v) is 2.20. The van der Waals surface area contributed by atoms with E-state index in [1.165, 1.54) is 0 Å². The molecule has 0 spiro atoms. The molecule has 3 N–H and O–H groups in total. The van der Waals surface area contributed by atoms with Crippen molar-refractivity contribution in [1.29, 1.82) is 0 Å². The lowest BCUT2D eigenvalue weighted by Gasteiger charge is -2.29. The molecule has 1 atom stereocenters. The summed E-state index contributed by atoms with van der Waals surface area (Å²) in [5.41, 5.74) is 5.79. The first-order chi connectivity index (χ1) is 10.6. The zero-order valence-corrected chi connectivity index (χ0v) is 12.6. The van der Waals surface area contributed by atoms with Crippen LogP contribution in [0.25, 0.3) is 0 Å². The van der Waals surface area contributed by atoms with E-state index in [9.17, 15) is 9.59 Å². The van der Waals surface area contributed by atoms with Crippen molar-refractivity contribution in [2.45, 2.75) is 13.0 Å². The summed E-state index contributed by atoms with van der Waals surface area (Å²) in [6, 6.07) is 6.71. The molecule has 1 aliphatic heterocycles. The molecule has 0 saturated carbocycles. The second kappa shape index (κ2) is 7.65. The number of primary amides is 1. The Bertz CT molecular complexity index is 529. The number of nitrogens with two attached hydrogens (primary N) is 1. The molecule has 22 heavy (non-hydrogen) atoms. The van der Waals surface area contributed by atoms with Gasteiger partial charge in [-0.3, -0.25) is 9.59 Å². The van der Waals surface area contributed by atoms with Crippen molar-refractivity contribution in [3.05, 3.63) is 24.3 Å². The highest BCUT2D eigenvalue weighted by molar-refractivity contribution is 5.84. The number of hydrogen-bond donors (Lipinski definition) is 2. The van der Waals surface area contributed by atoms with Gasteiger partial charge in [-0.15, -0.1) is 0 Å². The van der Waals surface area contributed by atoms with Crippen molar-refractivity contribution in [3.8, 4) is 5.75 Å². The monoisotopic (exact) mass is 307 g/mol. The lowest BCUT2D eigenvalue weighted by molar-refractivity contribution is -0.135. The van der Waals surface area contributed by atoms with E-state index in [0.29, 0.717) is 32.1 Å². The molecule has 1 saturated heterocycles. The summed E-state index contributed by atoms with van der Waals surface area (Å²) >= 11 is 0. The lowest BCUT2D eigenvalue weighted by Crippen LogP contribution is -2.46. The predicted molar refractivity (Wildman–Crippen MR) is 81.6 cm³/mol. The minimum absolute atomic E-state index is 0.0340. The molecule has 0 aliphatic carbocycles. The normalized spacial score (nSPS) is 16.0. The second-order valence-corrected chi connectivity index (χ2v) is 5.09. The van der Waals surface area contributed by atoms with Crippen LogP contribution in [0.3, 0.4) is 0 Å². The SMILES string of the molecule is C[C@H](Nc1cccc(OCC(N)=O)c1)C(=O)N1CCOCC1. The van der Waals surface area contributed by atoms with E-state index >= 15 is 0 Å². The maximum atomic E-state index is 12.3. The fraction of sp³-hybridized carbons (Fsp3) is 0.467. The van der Waals surface area contributed by atoms with Crippen molar-refractivity contribution >= 4 is 17.5 Å². The van der Waals surface area contributed by atoms with Crippen molar-refractivity contribution in [3.63, 3.8) is 0 Å². The Morgan fingerprint density at radius 2 is 2.14 bits per heavy atom. The molecule has 1 aromatic carbocycles. The van der Waals surface area contributed by atoms with Gasteiger partial charge < -0.3 is 25.4 Å². The van der Waals surface area contributed by atoms with E-state index in [1.54, 1.807) is 23.1 Å². The second-order valence-electron chi connectivity index (χ2n) is 5.09. The molecule has 120 valence electrons. The summed E-state index contributed by atoms with van der Waals surface area (Å²) in [5.74, 6) is 0.0239. The highest BCUT2D eigenvalue weighted by Gasteiger charge is 2.22. The van der Waals surface area contributed by atoms with Crippen LogP contribution < -0.4 is 15.8 Å². The van der Waals surface area contributed by atoms with Crippen LogP contribution >= 0.6 is 0 Å². The smallest absolute Gasteiger partial charge is 0.255 e. The zero-order chi connectivity index (χ0) is 15.9. The summed E-state index contributed by atoms with van der Waals surface area (Å²) in [6.45, 7) is 4.03. The van der Waals surface area contributed by atoms with Gasteiger partial charge in [-0.05, 0) is 19.1 Å². The molecule has 1 aliphatic rings. The molecule has 0 radical (unpaired) electrons. The van der Waals surface area contributed by atoms with E-state index in [-0.39, 0.29) is 18.6 Å². The van der Waals surface area contributed by atoms with Crippen LogP contribution in [0.5, 0.6) is 5.75 Å². The van der Waals surface area contributed by atoms with Gasteiger partial charge in [0, 0.05) is 24.8 Å². The Hall–Kier alpha value is -2.28. The van der Waals surface area contributed by atoms with E-state index in [2.05, 4.69) is 5.32 Å². The predicted octanol–water partition coefficient (Wildman–Crippen LogP) is 0.210. The molecular weight excluding hydrogens is 286 g/mol. The third kappa shape index (κ3) is 4.63. The molecule has 0 unspecified atom stereocenters. The van der Waals surface area contributed by atoms with E-state index in [1.807, 2.05) is 13.0 Å². The molecule has 1 heterocycles. The number of nitrogens with zero attached hydrogens (tertiary/aromatic N) is 1. The molecular formula is C15H21N3O4. The minimum Gasteiger partial charge on any atom is -0.484 e. The van der Waals surface area contributed by atoms with Crippen LogP contribution in [0.4, 0.5) is 5.69 Å². The van der Waals surface area contributed by atoms with E-state index in [4.69, 9.17) is 15.2 Å². The van der Waals surface area contributed by atoms with Gasteiger partial charge in [0.05, 0.1) is 13.2 Å². The molecule has 2 rings (SSSR count). The van der Waals surface area contributed by atoms with E-state index < -0.39 is 5.91 Å². The molecule has 1 fully saturated rings. The lowest BCUT2D eigenvalue weighted by atomic mass is 10.2. The number of ether oxygens (including phenoxy) is 2. The first-order valence-electron chi connectivity index (χ1n) is 7.20. The topological polar surface area (TPSA) is 93.9 Å². The number of rotatable bonds is 6. The standard InChI is InChI=1S/C15H21N3O4/c1-11(15(20)18-5-7-21-8-6-18)17-12-3-2-4-13(9-12)22-10-14(16)19/h2-4,9,11,17H,5-8,10H2,1H3,(H2,16,19)/t11-/m0/s1. The Balaban J connectivity index is 1.92. The molecule has 7 heteroatoms. The van der Waals surface area contributed by atoms with Gasteiger partial charge in [0.25, 0.3) is 5.91 Å². The van der Waals surface area contributed by atoms with Crippen LogP contribution in [0.15, 0.2) is 24.3 Å². The third-order valence-electron chi connectivity index (χ3n) is 3.29. The highest BCUT2D eigenvalue weighted by Crippen LogP contribution is 2.18. The van der Waals surface area contributed by atoms with Crippen LogP contribution in [-0.2, 0) is 14.3 Å². The van der Waals surface area contributed by atoms with Crippen molar-refractivity contribution in [2.24, 2.45) is 5.73 Å². The maximum absolute atomic E-state index is 12.3. The van der Waals surface area contributed by atoms with Gasteiger partial charge >= 0.3 is 0 Å². The van der Waals surface area contributed by atoms with Crippen molar-refractivity contribution in [1.82, 2.24) is 4.90 Å². The number of amides is 2.